The van der Waals surface area contributed by atoms with E-state index >= 15 is 0 Å². The SMILES string of the molecule is C1CCNCC1.CCCCCC1(C)C(C#N)C(=O)NC(=O)C1C#N. The molecule has 2 heterocycles. The smallest absolute Gasteiger partial charge is 0.244 e. The number of imide groups is 1. The highest BCUT2D eigenvalue weighted by atomic mass is 16.2. The number of amides is 2. The first-order chi connectivity index (χ1) is 11.5. The lowest BCUT2D eigenvalue weighted by molar-refractivity contribution is -0.144. The molecule has 2 atom stereocenters. The van der Waals surface area contributed by atoms with Gasteiger partial charge in [0.05, 0.1) is 12.1 Å². The Labute approximate surface area is 144 Å². The summed E-state index contributed by atoms with van der Waals surface area (Å²) in [7, 11) is 0. The minimum absolute atomic E-state index is 0.538. The van der Waals surface area contributed by atoms with Crippen LogP contribution in [-0.2, 0) is 9.59 Å². The third kappa shape index (κ3) is 5.04. The monoisotopic (exact) mass is 332 g/mol. The Morgan fingerprint density at radius 2 is 1.58 bits per heavy atom. The molecule has 0 aromatic heterocycles. The van der Waals surface area contributed by atoms with Gasteiger partial charge in [0, 0.05) is 5.41 Å². The molecule has 2 rings (SSSR count). The molecule has 2 fully saturated rings. The number of hydrogen-bond donors (Lipinski definition) is 2. The molecule has 0 spiro atoms. The van der Waals surface area contributed by atoms with Gasteiger partial charge in [-0.25, -0.2) is 0 Å². The van der Waals surface area contributed by atoms with Gasteiger partial charge in [-0.1, -0.05) is 39.5 Å². The first-order valence-electron chi connectivity index (χ1n) is 8.86. The summed E-state index contributed by atoms with van der Waals surface area (Å²) in [5, 5.41) is 23.6. The highest BCUT2D eigenvalue weighted by molar-refractivity contribution is 6.03. The van der Waals surface area contributed by atoms with Gasteiger partial charge in [-0.2, -0.15) is 10.5 Å². The van der Waals surface area contributed by atoms with Crippen molar-refractivity contribution in [3.8, 4) is 12.1 Å². The molecule has 2 amide bonds. The molecule has 0 aromatic carbocycles. The van der Waals surface area contributed by atoms with Crippen molar-refractivity contribution < 1.29 is 9.59 Å². The summed E-state index contributed by atoms with van der Waals surface area (Å²) in [5.74, 6) is -3.02. The van der Waals surface area contributed by atoms with Crippen molar-refractivity contribution in [1.82, 2.24) is 10.6 Å². The van der Waals surface area contributed by atoms with Crippen LogP contribution in [0.2, 0.25) is 0 Å². The summed E-state index contributed by atoms with van der Waals surface area (Å²) in [6.45, 7) is 6.24. The lowest BCUT2D eigenvalue weighted by atomic mass is 9.63. The van der Waals surface area contributed by atoms with Crippen LogP contribution >= 0.6 is 0 Å². The number of rotatable bonds is 4. The molecule has 0 aliphatic carbocycles. The Balaban J connectivity index is 0.000000400. The number of nitriles is 2. The summed E-state index contributed by atoms with van der Waals surface area (Å²) in [4.78, 5) is 23.4. The molecule has 0 radical (unpaired) electrons. The normalized spacial score (nSPS) is 29.5. The molecule has 24 heavy (non-hydrogen) atoms. The van der Waals surface area contributed by atoms with E-state index in [0.29, 0.717) is 6.42 Å². The molecule has 0 aromatic rings. The van der Waals surface area contributed by atoms with Crippen molar-refractivity contribution in [3.63, 3.8) is 0 Å². The zero-order valence-electron chi connectivity index (χ0n) is 14.7. The van der Waals surface area contributed by atoms with Crippen LogP contribution in [0.15, 0.2) is 0 Å². The average molecular weight is 332 g/mol. The summed E-state index contributed by atoms with van der Waals surface area (Å²) in [5.41, 5.74) is -0.877. The molecule has 0 saturated carbocycles. The highest BCUT2D eigenvalue weighted by Gasteiger charge is 2.52. The van der Waals surface area contributed by atoms with E-state index in [1.165, 1.54) is 32.4 Å². The Morgan fingerprint density at radius 3 is 1.92 bits per heavy atom. The molecule has 2 saturated heterocycles. The van der Waals surface area contributed by atoms with Crippen molar-refractivity contribution in [2.24, 2.45) is 17.3 Å². The van der Waals surface area contributed by atoms with Gasteiger partial charge >= 0.3 is 0 Å². The zero-order valence-corrected chi connectivity index (χ0v) is 14.7. The van der Waals surface area contributed by atoms with Gasteiger partial charge in [0.2, 0.25) is 11.8 Å². The van der Waals surface area contributed by atoms with Gasteiger partial charge in [0.1, 0.15) is 11.8 Å². The second kappa shape index (κ2) is 10.1. The quantitative estimate of drug-likeness (QED) is 0.607. The van der Waals surface area contributed by atoms with E-state index in [1.54, 1.807) is 6.92 Å². The molecule has 2 N–H and O–H groups in total. The molecule has 2 aliphatic rings. The van der Waals surface area contributed by atoms with Crippen LogP contribution in [0.25, 0.3) is 0 Å². The van der Waals surface area contributed by atoms with E-state index in [0.717, 1.165) is 19.3 Å². The van der Waals surface area contributed by atoms with E-state index in [9.17, 15) is 9.59 Å². The lowest BCUT2D eigenvalue weighted by Crippen LogP contribution is -2.56. The number of carbonyl (C=O) groups excluding carboxylic acids is 2. The van der Waals surface area contributed by atoms with Gasteiger partial charge in [0.15, 0.2) is 0 Å². The predicted octanol–water partition coefficient (Wildman–Crippen LogP) is 2.27. The van der Waals surface area contributed by atoms with Crippen LogP contribution in [0.5, 0.6) is 0 Å². The standard InChI is InChI=1S/C13H17N3O2.C5H11N/c1-3-4-5-6-13(2)9(7-14)11(17)16-12(18)10(13)8-15;1-2-4-6-5-3-1/h9-10H,3-6H2,1-2H3,(H,16,17,18);6H,1-5H2. The number of piperidine rings is 2. The average Bonchev–Trinajstić information content (AvgIpc) is 2.57. The summed E-state index contributed by atoms with van der Waals surface area (Å²) < 4.78 is 0. The Morgan fingerprint density at radius 1 is 1.04 bits per heavy atom. The minimum atomic E-state index is -0.934. The molecule has 6 heteroatoms. The van der Waals surface area contributed by atoms with Gasteiger partial charge < -0.3 is 5.32 Å². The van der Waals surface area contributed by atoms with Crippen LogP contribution < -0.4 is 10.6 Å². The van der Waals surface area contributed by atoms with Crippen LogP contribution in [0.4, 0.5) is 0 Å². The predicted molar refractivity (Wildman–Crippen MR) is 90.3 cm³/mol. The van der Waals surface area contributed by atoms with E-state index in [1.807, 2.05) is 19.1 Å². The first-order valence-corrected chi connectivity index (χ1v) is 8.86. The first kappa shape index (κ1) is 20.1. The van der Waals surface area contributed by atoms with Gasteiger partial charge in [-0.3, -0.25) is 14.9 Å². The molecule has 2 unspecified atom stereocenters. The van der Waals surface area contributed by atoms with Crippen LogP contribution in [0.1, 0.15) is 58.8 Å². The maximum atomic E-state index is 11.7. The topological polar surface area (TPSA) is 106 Å². The fourth-order valence-electron chi connectivity index (χ4n) is 3.29. The van der Waals surface area contributed by atoms with Gasteiger partial charge in [0.25, 0.3) is 0 Å². The largest absolute Gasteiger partial charge is 0.317 e. The summed E-state index contributed by atoms with van der Waals surface area (Å²) in [6.07, 6.45) is 7.53. The Hall–Kier alpha value is -1.92. The molecular formula is C18H28N4O2. The Bertz CT molecular complexity index is 471. The van der Waals surface area contributed by atoms with Crippen LogP contribution in [0.3, 0.4) is 0 Å². The number of carbonyl (C=O) groups is 2. The second-order valence-corrected chi connectivity index (χ2v) is 6.75. The second-order valence-electron chi connectivity index (χ2n) is 6.75. The van der Waals surface area contributed by atoms with Crippen molar-refractivity contribution in [1.29, 1.82) is 10.5 Å². The maximum absolute atomic E-state index is 11.7. The molecule has 6 nitrogen and oxygen atoms in total. The van der Waals surface area contributed by atoms with Crippen LogP contribution in [0, 0.1) is 39.9 Å². The number of nitrogens with one attached hydrogen (secondary N) is 2. The van der Waals surface area contributed by atoms with Gasteiger partial charge in [-0.15, -0.1) is 0 Å². The van der Waals surface area contributed by atoms with E-state index in [-0.39, 0.29) is 0 Å². The van der Waals surface area contributed by atoms with Crippen molar-refractivity contribution in [2.45, 2.75) is 58.8 Å². The van der Waals surface area contributed by atoms with Crippen molar-refractivity contribution >= 4 is 11.8 Å². The molecular weight excluding hydrogens is 304 g/mol. The Kier molecular flexibility index (Phi) is 8.43. The van der Waals surface area contributed by atoms with E-state index < -0.39 is 29.1 Å². The van der Waals surface area contributed by atoms with Crippen LogP contribution in [-0.4, -0.2) is 24.9 Å². The molecule has 0 bridgehead atoms. The third-order valence-electron chi connectivity index (χ3n) is 4.87. The third-order valence-corrected chi connectivity index (χ3v) is 4.87. The van der Waals surface area contributed by atoms with Crippen molar-refractivity contribution in [2.75, 3.05) is 13.1 Å². The lowest BCUT2D eigenvalue weighted by Gasteiger charge is -2.39. The number of nitrogens with zero attached hydrogens (tertiary/aromatic N) is 2. The maximum Gasteiger partial charge on any atom is 0.244 e. The fraction of sp³-hybridized carbons (Fsp3) is 0.778. The minimum Gasteiger partial charge on any atom is -0.317 e. The summed E-state index contributed by atoms with van der Waals surface area (Å²) >= 11 is 0. The number of hydrogen-bond acceptors (Lipinski definition) is 5. The van der Waals surface area contributed by atoms with E-state index in [4.69, 9.17) is 10.5 Å². The van der Waals surface area contributed by atoms with E-state index in [2.05, 4.69) is 10.6 Å². The van der Waals surface area contributed by atoms with Gasteiger partial charge in [-0.05, 0) is 32.4 Å². The van der Waals surface area contributed by atoms with Crippen molar-refractivity contribution in [3.05, 3.63) is 0 Å². The fourth-order valence-corrected chi connectivity index (χ4v) is 3.29. The molecule has 2 aliphatic heterocycles. The summed E-state index contributed by atoms with van der Waals surface area (Å²) in [6, 6.07) is 3.88. The number of unbranched alkanes of at least 4 members (excludes halogenated alkanes) is 2. The highest BCUT2D eigenvalue weighted by Crippen LogP contribution is 2.43. The molecule has 132 valence electrons. The zero-order chi connectivity index (χ0) is 18.0.